The second-order valence-electron chi connectivity index (χ2n) is 3.67. The monoisotopic (exact) mass is 209 g/mol. The molecule has 4 nitrogen and oxygen atoms in total. The number of nitrogen functional groups attached to an aromatic ring is 1. The van der Waals surface area contributed by atoms with E-state index in [0.717, 1.165) is 0 Å². The number of carbonyl (C=O) groups excluding carboxylic acids is 1. The van der Waals surface area contributed by atoms with Gasteiger partial charge in [-0.25, -0.2) is 4.39 Å². The number of halogens is 1. The molecule has 80 valence electrons. The Morgan fingerprint density at radius 3 is 2.80 bits per heavy atom. The molecule has 2 rings (SSSR count). The van der Waals surface area contributed by atoms with Crippen molar-refractivity contribution in [3.05, 3.63) is 24.0 Å². The fourth-order valence-electron chi connectivity index (χ4n) is 1.72. The van der Waals surface area contributed by atoms with Gasteiger partial charge in [-0.1, -0.05) is 0 Å². The zero-order chi connectivity index (χ0) is 11.0. The van der Waals surface area contributed by atoms with Crippen molar-refractivity contribution in [3.63, 3.8) is 0 Å². The van der Waals surface area contributed by atoms with Gasteiger partial charge in [0.1, 0.15) is 5.82 Å². The van der Waals surface area contributed by atoms with Crippen LogP contribution in [0.5, 0.6) is 0 Å². The topological polar surface area (TPSA) is 72.3 Å². The third-order valence-corrected chi connectivity index (χ3v) is 2.44. The van der Waals surface area contributed by atoms with Crippen molar-refractivity contribution in [1.82, 2.24) is 0 Å². The number of carbonyl (C=O) groups is 1. The van der Waals surface area contributed by atoms with Gasteiger partial charge in [-0.15, -0.1) is 0 Å². The summed E-state index contributed by atoms with van der Waals surface area (Å²) in [6, 6.07) is 3.77. The van der Waals surface area contributed by atoms with Gasteiger partial charge in [-0.2, -0.15) is 0 Å². The Labute approximate surface area is 86.7 Å². The summed E-state index contributed by atoms with van der Waals surface area (Å²) in [7, 11) is 0. The molecular formula is C10H12FN3O. The summed E-state index contributed by atoms with van der Waals surface area (Å²) < 4.78 is 13.0. The highest BCUT2D eigenvalue weighted by molar-refractivity contribution is 5.98. The number of nitrogens with zero attached hydrogens (tertiary/aromatic N) is 1. The molecule has 1 saturated heterocycles. The van der Waals surface area contributed by atoms with Crippen LogP contribution in [0.2, 0.25) is 0 Å². The maximum atomic E-state index is 13.0. The summed E-state index contributed by atoms with van der Waals surface area (Å²) in [4.78, 5) is 13.0. The lowest BCUT2D eigenvalue weighted by molar-refractivity contribution is -0.117. The molecular weight excluding hydrogens is 197 g/mol. The number of nitrogens with two attached hydrogens (primary N) is 2. The molecule has 1 aromatic rings. The molecule has 0 saturated carbocycles. The van der Waals surface area contributed by atoms with Crippen LogP contribution in [0.25, 0.3) is 0 Å². The predicted molar refractivity (Wildman–Crippen MR) is 55.8 cm³/mol. The van der Waals surface area contributed by atoms with Crippen LogP contribution >= 0.6 is 0 Å². The van der Waals surface area contributed by atoms with Crippen molar-refractivity contribution in [2.45, 2.75) is 12.5 Å². The van der Waals surface area contributed by atoms with Crippen LogP contribution in [0, 0.1) is 5.82 Å². The zero-order valence-electron chi connectivity index (χ0n) is 8.11. The highest BCUT2D eigenvalue weighted by Crippen LogP contribution is 2.27. The van der Waals surface area contributed by atoms with Crippen molar-refractivity contribution in [2.24, 2.45) is 5.73 Å². The average Bonchev–Trinajstić information content (AvgIpc) is 2.50. The van der Waals surface area contributed by atoms with E-state index in [1.165, 1.54) is 23.1 Å². The smallest absolute Gasteiger partial charge is 0.228 e. The van der Waals surface area contributed by atoms with Gasteiger partial charge in [-0.3, -0.25) is 4.79 Å². The van der Waals surface area contributed by atoms with E-state index in [1.54, 1.807) is 0 Å². The highest BCUT2D eigenvalue weighted by Gasteiger charge is 2.29. The molecule has 0 bridgehead atoms. The SMILES string of the molecule is Nc1ccc(F)cc1N1CC(N)CC1=O. The Bertz CT molecular complexity index is 408. The minimum Gasteiger partial charge on any atom is -0.397 e. The molecule has 0 aromatic heterocycles. The minimum atomic E-state index is -0.410. The third-order valence-electron chi connectivity index (χ3n) is 2.44. The second-order valence-corrected chi connectivity index (χ2v) is 3.67. The van der Waals surface area contributed by atoms with E-state index in [-0.39, 0.29) is 18.4 Å². The van der Waals surface area contributed by atoms with Crippen molar-refractivity contribution >= 4 is 17.3 Å². The zero-order valence-corrected chi connectivity index (χ0v) is 8.11. The van der Waals surface area contributed by atoms with E-state index in [0.29, 0.717) is 17.9 Å². The lowest BCUT2D eigenvalue weighted by Crippen LogP contribution is -2.28. The molecule has 0 spiro atoms. The Kier molecular flexibility index (Phi) is 2.32. The third kappa shape index (κ3) is 1.78. The van der Waals surface area contributed by atoms with Gasteiger partial charge in [0.25, 0.3) is 0 Å². The largest absolute Gasteiger partial charge is 0.397 e. The van der Waals surface area contributed by atoms with E-state index in [1.807, 2.05) is 0 Å². The van der Waals surface area contributed by atoms with Crippen molar-refractivity contribution in [2.75, 3.05) is 17.2 Å². The lowest BCUT2D eigenvalue weighted by atomic mass is 10.2. The van der Waals surface area contributed by atoms with Gasteiger partial charge in [0.2, 0.25) is 5.91 Å². The van der Waals surface area contributed by atoms with Crippen LogP contribution in [-0.4, -0.2) is 18.5 Å². The molecule has 0 aliphatic carbocycles. The molecule has 1 aliphatic rings. The molecule has 1 fully saturated rings. The lowest BCUT2D eigenvalue weighted by Gasteiger charge is -2.18. The number of hydrogen-bond acceptors (Lipinski definition) is 3. The maximum Gasteiger partial charge on any atom is 0.228 e. The Morgan fingerprint density at radius 1 is 1.47 bits per heavy atom. The minimum absolute atomic E-state index is 0.111. The molecule has 1 amide bonds. The number of anilines is 2. The standard InChI is InChI=1S/C10H12FN3O/c11-6-1-2-8(13)9(3-6)14-5-7(12)4-10(14)15/h1-3,7H,4-5,12-13H2. The molecule has 1 aromatic carbocycles. The molecule has 1 heterocycles. The van der Waals surface area contributed by atoms with Crippen LogP contribution in [0.1, 0.15) is 6.42 Å². The van der Waals surface area contributed by atoms with Gasteiger partial charge in [0.15, 0.2) is 0 Å². The predicted octanol–water partition coefficient (Wildman–Crippen LogP) is 0.472. The Balaban J connectivity index is 2.37. The molecule has 1 aliphatic heterocycles. The summed E-state index contributed by atoms with van der Waals surface area (Å²) >= 11 is 0. The number of amides is 1. The van der Waals surface area contributed by atoms with E-state index in [4.69, 9.17) is 11.5 Å². The van der Waals surface area contributed by atoms with Gasteiger partial charge < -0.3 is 16.4 Å². The van der Waals surface area contributed by atoms with Crippen LogP contribution < -0.4 is 16.4 Å². The summed E-state index contributed by atoms with van der Waals surface area (Å²) in [5.74, 6) is -0.521. The van der Waals surface area contributed by atoms with E-state index >= 15 is 0 Å². The summed E-state index contributed by atoms with van der Waals surface area (Å²) in [6.07, 6.45) is 0.288. The normalized spacial score (nSPS) is 21.1. The first-order valence-corrected chi connectivity index (χ1v) is 4.69. The number of rotatable bonds is 1. The maximum absolute atomic E-state index is 13.0. The Hall–Kier alpha value is -1.62. The van der Waals surface area contributed by atoms with Crippen LogP contribution in [0.4, 0.5) is 15.8 Å². The molecule has 1 atom stereocenters. The quantitative estimate of drug-likeness (QED) is 0.660. The van der Waals surface area contributed by atoms with E-state index < -0.39 is 5.82 Å². The second kappa shape index (κ2) is 3.51. The van der Waals surface area contributed by atoms with Crippen LogP contribution in [0.15, 0.2) is 18.2 Å². The molecule has 5 heteroatoms. The summed E-state index contributed by atoms with van der Waals surface area (Å²) in [5, 5.41) is 0. The fourth-order valence-corrected chi connectivity index (χ4v) is 1.72. The van der Waals surface area contributed by atoms with Gasteiger partial charge >= 0.3 is 0 Å². The highest BCUT2D eigenvalue weighted by atomic mass is 19.1. The molecule has 1 unspecified atom stereocenters. The van der Waals surface area contributed by atoms with Gasteiger partial charge in [-0.05, 0) is 18.2 Å². The van der Waals surface area contributed by atoms with Crippen LogP contribution in [-0.2, 0) is 4.79 Å². The summed E-state index contributed by atoms with van der Waals surface area (Å²) in [5.41, 5.74) is 12.1. The summed E-state index contributed by atoms with van der Waals surface area (Å²) in [6.45, 7) is 0.395. The number of benzene rings is 1. The first-order valence-electron chi connectivity index (χ1n) is 4.69. The van der Waals surface area contributed by atoms with Crippen LogP contribution in [0.3, 0.4) is 0 Å². The first kappa shape index (κ1) is 9.92. The van der Waals surface area contributed by atoms with Gasteiger partial charge in [0, 0.05) is 19.0 Å². The molecule has 4 N–H and O–H groups in total. The van der Waals surface area contributed by atoms with E-state index in [2.05, 4.69) is 0 Å². The first-order chi connectivity index (χ1) is 7.08. The van der Waals surface area contributed by atoms with Crippen molar-refractivity contribution in [1.29, 1.82) is 0 Å². The number of hydrogen-bond donors (Lipinski definition) is 2. The van der Waals surface area contributed by atoms with Crippen molar-refractivity contribution < 1.29 is 9.18 Å². The molecule has 0 radical (unpaired) electrons. The average molecular weight is 209 g/mol. The Morgan fingerprint density at radius 2 is 2.20 bits per heavy atom. The van der Waals surface area contributed by atoms with Gasteiger partial charge in [0.05, 0.1) is 11.4 Å². The van der Waals surface area contributed by atoms with E-state index in [9.17, 15) is 9.18 Å². The molecule has 15 heavy (non-hydrogen) atoms. The fraction of sp³-hybridized carbons (Fsp3) is 0.300. The van der Waals surface area contributed by atoms with Crippen molar-refractivity contribution in [3.8, 4) is 0 Å².